The van der Waals surface area contributed by atoms with E-state index >= 15 is 0 Å². The Morgan fingerprint density at radius 2 is 2.06 bits per heavy atom. The third kappa shape index (κ3) is 3.75. The van der Waals surface area contributed by atoms with E-state index < -0.39 is 0 Å². The van der Waals surface area contributed by atoms with Gasteiger partial charge < -0.3 is 4.90 Å². The van der Waals surface area contributed by atoms with Crippen LogP contribution in [0.2, 0.25) is 0 Å². The molecule has 0 N–H and O–H groups in total. The van der Waals surface area contributed by atoms with Gasteiger partial charge in [0.1, 0.15) is 10.7 Å². The van der Waals surface area contributed by atoms with Crippen molar-refractivity contribution in [3.63, 3.8) is 0 Å². The molecule has 1 saturated heterocycles. The van der Waals surface area contributed by atoms with Crippen LogP contribution < -0.4 is 0 Å². The number of thioether (sulfide) groups is 1. The highest BCUT2D eigenvalue weighted by atomic mass is 32.2. The van der Waals surface area contributed by atoms with Crippen molar-refractivity contribution >= 4 is 44.9 Å². The number of carbonyl (C=O) groups excluding carboxylic acids is 1. The lowest BCUT2D eigenvalue weighted by atomic mass is 9.89. The molecule has 166 valence electrons. The normalized spacial score (nSPS) is 21.9. The summed E-state index contributed by atoms with van der Waals surface area (Å²) in [7, 11) is 0. The zero-order valence-corrected chi connectivity index (χ0v) is 20.5. The molecule has 1 amide bonds. The Hall–Kier alpha value is -1.67. The van der Waals surface area contributed by atoms with Crippen molar-refractivity contribution < 1.29 is 4.79 Å². The van der Waals surface area contributed by atoms with Gasteiger partial charge in [-0.15, -0.1) is 21.5 Å². The molecular formula is C23H31N5OS2. The molecule has 4 heterocycles. The number of aromatic nitrogens is 4. The van der Waals surface area contributed by atoms with Crippen molar-refractivity contribution in [1.82, 2.24) is 24.5 Å². The molecule has 1 aliphatic heterocycles. The summed E-state index contributed by atoms with van der Waals surface area (Å²) in [5.74, 6) is 2.57. The van der Waals surface area contributed by atoms with Gasteiger partial charge in [-0.2, -0.15) is 0 Å². The SMILES string of the molecule is CC1CCc2c(sc3nc(C(C)C)n4c(SCC(=O)N5CCCCC5C)nnc4c23)C1. The first-order valence-corrected chi connectivity index (χ1v) is 13.4. The summed E-state index contributed by atoms with van der Waals surface area (Å²) in [6.45, 7) is 9.70. The standard InChI is InChI=1S/C23H31N5OS2/c1-13(2)20-24-22-19(16-9-8-14(3)11-17(16)31-22)21-25-26-23(28(20)21)30-12-18(29)27-10-6-5-7-15(27)4/h13-15H,5-12H2,1-4H3. The second-order valence-electron chi connectivity index (χ2n) is 9.52. The molecule has 3 aromatic rings. The quantitative estimate of drug-likeness (QED) is 0.511. The number of thiophene rings is 1. The van der Waals surface area contributed by atoms with E-state index in [1.807, 2.05) is 16.2 Å². The van der Waals surface area contributed by atoms with Crippen molar-refractivity contribution in [2.75, 3.05) is 12.3 Å². The molecule has 6 nitrogen and oxygen atoms in total. The fourth-order valence-corrected chi connectivity index (χ4v) is 7.21. The van der Waals surface area contributed by atoms with Gasteiger partial charge in [-0.05, 0) is 56.9 Å². The Kier molecular flexibility index (Phi) is 5.71. The number of amides is 1. The second-order valence-corrected chi connectivity index (χ2v) is 11.5. The van der Waals surface area contributed by atoms with Gasteiger partial charge in [0.15, 0.2) is 10.8 Å². The molecule has 0 aromatic carbocycles. The van der Waals surface area contributed by atoms with Crippen LogP contribution in [0.25, 0.3) is 15.9 Å². The first-order chi connectivity index (χ1) is 14.9. The number of fused-ring (bicyclic) bond motifs is 5. The van der Waals surface area contributed by atoms with E-state index in [0.29, 0.717) is 11.8 Å². The van der Waals surface area contributed by atoms with E-state index in [0.717, 1.165) is 59.6 Å². The van der Waals surface area contributed by atoms with Gasteiger partial charge >= 0.3 is 0 Å². The summed E-state index contributed by atoms with van der Waals surface area (Å²) in [5, 5.41) is 11.1. The van der Waals surface area contributed by atoms with Crippen LogP contribution >= 0.6 is 23.1 Å². The third-order valence-corrected chi connectivity index (χ3v) is 8.82. The molecule has 2 unspecified atom stereocenters. The van der Waals surface area contributed by atoms with E-state index in [9.17, 15) is 4.79 Å². The monoisotopic (exact) mass is 457 g/mol. The molecule has 0 radical (unpaired) electrons. The highest BCUT2D eigenvalue weighted by Crippen LogP contribution is 2.40. The van der Waals surface area contributed by atoms with Crippen LogP contribution in [0.5, 0.6) is 0 Å². The van der Waals surface area contributed by atoms with Crippen molar-refractivity contribution in [1.29, 1.82) is 0 Å². The summed E-state index contributed by atoms with van der Waals surface area (Å²) in [6, 6.07) is 0.337. The fraction of sp³-hybridized carbons (Fsp3) is 0.652. The Bertz CT molecular complexity index is 1130. The largest absolute Gasteiger partial charge is 0.339 e. The molecule has 1 fully saturated rings. The molecule has 31 heavy (non-hydrogen) atoms. The van der Waals surface area contributed by atoms with Crippen LogP contribution in [0.4, 0.5) is 0 Å². The lowest BCUT2D eigenvalue weighted by molar-refractivity contribution is -0.131. The van der Waals surface area contributed by atoms with Crippen LogP contribution in [0.1, 0.15) is 75.6 Å². The summed E-state index contributed by atoms with van der Waals surface area (Å²) in [4.78, 5) is 22.6. The van der Waals surface area contributed by atoms with Crippen LogP contribution in [-0.2, 0) is 17.6 Å². The number of aryl methyl sites for hydroxylation is 1. The molecule has 1 aliphatic carbocycles. The molecule has 0 saturated carbocycles. The molecule has 0 spiro atoms. The van der Waals surface area contributed by atoms with E-state index in [1.165, 1.54) is 40.4 Å². The molecule has 2 atom stereocenters. The van der Waals surface area contributed by atoms with E-state index in [2.05, 4.69) is 42.3 Å². The minimum absolute atomic E-state index is 0.205. The summed E-state index contributed by atoms with van der Waals surface area (Å²) < 4.78 is 2.12. The number of likely N-dealkylation sites (tertiary alicyclic amines) is 1. The smallest absolute Gasteiger partial charge is 0.233 e. The third-order valence-electron chi connectivity index (χ3n) is 6.76. The zero-order valence-electron chi connectivity index (χ0n) is 18.8. The van der Waals surface area contributed by atoms with Crippen molar-refractivity contribution in [2.45, 2.75) is 83.3 Å². The molecule has 3 aromatic heterocycles. The Balaban J connectivity index is 1.52. The molecule has 8 heteroatoms. The number of hydrogen-bond acceptors (Lipinski definition) is 6. The Morgan fingerprint density at radius 3 is 2.84 bits per heavy atom. The highest BCUT2D eigenvalue weighted by Gasteiger charge is 2.27. The van der Waals surface area contributed by atoms with Crippen LogP contribution in [0, 0.1) is 5.92 Å². The van der Waals surface area contributed by atoms with E-state index in [-0.39, 0.29) is 11.8 Å². The van der Waals surface area contributed by atoms with Crippen molar-refractivity contribution in [3.8, 4) is 0 Å². The van der Waals surface area contributed by atoms with Crippen molar-refractivity contribution in [2.24, 2.45) is 5.92 Å². The topological polar surface area (TPSA) is 63.4 Å². The average Bonchev–Trinajstić information content (AvgIpc) is 3.31. The lowest BCUT2D eigenvalue weighted by Crippen LogP contribution is -2.42. The number of rotatable bonds is 4. The van der Waals surface area contributed by atoms with Gasteiger partial charge in [0.05, 0.1) is 11.1 Å². The van der Waals surface area contributed by atoms with E-state index in [1.54, 1.807) is 0 Å². The zero-order chi connectivity index (χ0) is 21.7. The Labute approximate surface area is 191 Å². The summed E-state index contributed by atoms with van der Waals surface area (Å²) >= 11 is 3.34. The van der Waals surface area contributed by atoms with Gasteiger partial charge in [0, 0.05) is 23.4 Å². The molecule has 5 rings (SSSR count). The predicted molar refractivity (Wildman–Crippen MR) is 127 cm³/mol. The lowest BCUT2D eigenvalue weighted by Gasteiger charge is -2.33. The van der Waals surface area contributed by atoms with Gasteiger partial charge in [0.25, 0.3) is 0 Å². The highest BCUT2D eigenvalue weighted by molar-refractivity contribution is 7.99. The van der Waals surface area contributed by atoms with E-state index in [4.69, 9.17) is 4.98 Å². The maximum absolute atomic E-state index is 12.9. The maximum atomic E-state index is 12.9. The minimum atomic E-state index is 0.205. The predicted octanol–water partition coefficient (Wildman–Crippen LogP) is 5.08. The number of carbonyl (C=O) groups is 1. The summed E-state index contributed by atoms with van der Waals surface area (Å²) in [5.41, 5.74) is 2.34. The van der Waals surface area contributed by atoms with Crippen molar-refractivity contribution in [3.05, 3.63) is 16.3 Å². The fourth-order valence-electron chi connectivity index (χ4n) is 5.00. The van der Waals surface area contributed by atoms with Gasteiger partial charge in [-0.25, -0.2) is 4.98 Å². The molecule has 0 bridgehead atoms. The van der Waals surface area contributed by atoms with Crippen LogP contribution in [-0.4, -0.2) is 48.7 Å². The second kappa shape index (κ2) is 8.35. The average molecular weight is 458 g/mol. The van der Waals surface area contributed by atoms with Crippen LogP contribution in [0.15, 0.2) is 5.16 Å². The van der Waals surface area contributed by atoms with Gasteiger partial charge in [-0.1, -0.05) is 32.5 Å². The first-order valence-electron chi connectivity index (χ1n) is 11.6. The Morgan fingerprint density at radius 1 is 1.23 bits per heavy atom. The van der Waals surface area contributed by atoms with Gasteiger partial charge in [0.2, 0.25) is 5.91 Å². The van der Waals surface area contributed by atoms with Gasteiger partial charge in [-0.3, -0.25) is 9.20 Å². The number of hydrogen-bond donors (Lipinski definition) is 0. The summed E-state index contributed by atoms with van der Waals surface area (Å²) in [6.07, 6.45) is 6.88. The first kappa shape index (κ1) is 21.2. The minimum Gasteiger partial charge on any atom is -0.339 e. The number of piperidine rings is 1. The molecular weight excluding hydrogens is 426 g/mol. The molecule has 2 aliphatic rings. The maximum Gasteiger partial charge on any atom is 0.233 e. The number of nitrogens with zero attached hydrogens (tertiary/aromatic N) is 5. The van der Waals surface area contributed by atoms with Crippen LogP contribution in [0.3, 0.4) is 0 Å².